The maximum absolute atomic E-state index is 5.69. The quantitative estimate of drug-likeness (QED) is 0.278. The summed E-state index contributed by atoms with van der Waals surface area (Å²) in [6.45, 7) is 0. The number of hydrogen-bond acceptors (Lipinski definition) is 7. The minimum atomic E-state index is 0.289. The summed E-state index contributed by atoms with van der Waals surface area (Å²) in [6.07, 6.45) is 0. The molecule has 7 heteroatoms. The van der Waals surface area contributed by atoms with Gasteiger partial charge < -0.3 is 5.43 Å². The summed E-state index contributed by atoms with van der Waals surface area (Å²) in [5, 5.41) is 0. The Morgan fingerprint density at radius 1 is 0.833 bits per heavy atom. The van der Waals surface area contributed by atoms with Crippen LogP contribution in [-0.4, -0.2) is 9.97 Å². The summed E-state index contributed by atoms with van der Waals surface area (Å²) in [5.41, 5.74) is 9.71. The summed E-state index contributed by atoms with van der Waals surface area (Å²) in [7, 11) is 0. The number of aromatic nitrogens is 2. The Kier molecular flexibility index (Phi) is 4.95. The molecular formula is C17H18N6S. The molecule has 3 aromatic rings. The number of nitrogens with zero attached hydrogens (tertiary/aromatic N) is 2. The van der Waals surface area contributed by atoms with Crippen LogP contribution in [-0.2, 0) is 5.75 Å². The van der Waals surface area contributed by atoms with Gasteiger partial charge in [-0.3, -0.25) is 5.43 Å². The second kappa shape index (κ2) is 7.31. The minimum Gasteiger partial charge on any atom is -0.308 e. The van der Waals surface area contributed by atoms with Gasteiger partial charge in [-0.15, -0.1) is 0 Å². The van der Waals surface area contributed by atoms with Gasteiger partial charge in [0.15, 0.2) is 5.82 Å². The monoisotopic (exact) mass is 338 g/mol. The fraction of sp³-hybridized carbons (Fsp3) is 0.0588. The lowest BCUT2D eigenvalue weighted by Crippen LogP contribution is -2.16. The second-order valence-corrected chi connectivity index (χ2v) is 5.45. The van der Waals surface area contributed by atoms with Gasteiger partial charge in [-0.1, -0.05) is 54.6 Å². The molecule has 0 aliphatic carbocycles. The SMILES string of the molecule is NNc1nc(NN)c(-c2ccc(CS)cc2)c(-c2ccccc2)n1. The fourth-order valence-corrected chi connectivity index (χ4v) is 2.70. The zero-order valence-corrected chi connectivity index (χ0v) is 13.8. The summed E-state index contributed by atoms with van der Waals surface area (Å²) in [4.78, 5) is 8.85. The number of benzene rings is 2. The molecule has 0 aliphatic heterocycles. The van der Waals surface area contributed by atoms with Gasteiger partial charge in [0.2, 0.25) is 5.95 Å². The van der Waals surface area contributed by atoms with Gasteiger partial charge in [-0.25, -0.2) is 16.7 Å². The van der Waals surface area contributed by atoms with Gasteiger partial charge in [0.1, 0.15) is 0 Å². The first-order valence-corrected chi connectivity index (χ1v) is 8.01. The number of nitrogen functional groups attached to an aromatic ring is 2. The molecule has 1 heterocycles. The zero-order chi connectivity index (χ0) is 16.9. The van der Waals surface area contributed by atoms with Gasteiger partial charge in [0.25, 0.3) is 0 Å². The van der Waals surface area contributed by atoms with E-state index in [0.717, 1.165) is 27.9 Å². The zero-order valence-electron chi connectivity index (χ0n) is 12.9. The number of hydrazine groups is 2. The number of nitrogens with two attached hydrogens (primary N) is 2. The Hall–Kier alpha value is -2.61. The Labute approximate surface area is 145 Å². The highest BCUT2D eigenvalue weighted by Crippen LogP contribution is 2.36. The van der Waals surface area contributed by atoms with Crippen molar-refractivity contribution in [3.63, 3.8) is 0 Å². The highest BCUT2D eigenvalue weighted by Gasteiger charge is 2.17. The van der Waals surface area contributed by atoms with Crippen LogP contribution in [0, 0.1) is 0 Å². The summed E-state index contributed by atoms with van der Waals surface area (Å²) >= 11 is 4.29. The number of rotatable bonds is 5. The maximum atomic E-state index is 5.69. The first kappa shape index (κ1) is 16.3. The Bertz CT molecular complexity index is 820. The van der Waals surface area contributed by atoms with E-state index in [1.54, 1.807) is 0 Å². The molecule has 0 spiro atoms. The van der Waals surface area contributed by atoms with Crippen LogP contribution in [0.4, 0.5) is 11.8 Å². The number of thiol groups is 1. The summed E-state index contributed by atoms with van der Waals surface area (Å²) in [5.74, 6) is 12.7. The average Bonchev–Trinajstić information content (AvgIpc) is 2.67. The smallest absolute Gasteiger partial charge is 0.239 e. The first-order valence-electron chi connectivity index (χ1n) is 7.37. The highest BCUT2D eigenvalue weighted by molar-refractivity contribution is 7.79. The first-order chi connectivity index (χ1) is 11.8. The van der Waals surface area contributed by atoms with Crippen molar-refractivity contribution in [1.82, 2.24) is 9.97 Å². The third-order valence-electron chi connectivity index (χ3n) is 3.65. The van der Waals surface area contributed by atoms with Crippen molar-refractivity contribution in [3.8, 4) is 22.4 Å². The van der Waals surface area contributed by atoms with E-state index >= 15 is 0 Å². The third-order valence-corrected chi connectivity index (χ3v) is 4.01. The van der Waals surface area contributed by atoms with E-state index in [2.05, 4.69) is 33.4 Å². The minimum absolute atomic E-state index is 0.289. The van der Waals surface area contributed by atoms with Crippen LogP contribution >= 0.6 is 12.6 Å². The van der Waals surface area contributed by atoms with Crippen molar-refractivity contribution in [2.24, 2.45) is 11.7 Å². The number of hydrogen-bond donors (Lipinski definition) is 5. The van der Waals surface area contributed by atoms with E-state index in [-0.39, 0.29) is 5.95 Å². The molecule has 0 amide bonds. The molecule has 0 saturated heterocycles. The van der Waals surface area contributed by atoms with E-state index in [4.69, 9.17) is 11.7 Å². The molecule has 24 heavy (non-hydrogen) atoms. The van der Waals surface area contributed by atoms with Gasteiger partial charge in [0, 0.05) is 11.3 Å². The van der Waals surface area contributed by atoms with Crippen LogP contribution in [0.2, 0.25) is 0 Å². The fourth-order valence-electron chi connectivity index (χ4n) is 2.48. The molecule has 0 saturated carbocycles. The van der Waals surface area contributed by atoms with Crippen LogP contribution in [0.5, 0.6) is 0 Å². The largest absolute Gasteiger partial charge is 0.308 e. The van der Waals surface area contributed by atoms with Gasteiger partial charge in [0.05, 0.1) is 11.3 Å². The van der Waals surface area contributed by atoms with Crippen LogP contribution < -0.4 is 22.5 Å². The molecular weight excluding hydrogens is 320 g/mol. The van der Waals surface area contributed by atoms with Crippen molar-refractivity contribution < 1.29 is 0 Å². The van der Waals surface area contributed by atoms with Crippen LogP contribution in [0.25, 0.3) is 22.4 Å². The van der Waals surface area contributed by atoms with Crippen LogP contribution in [0.3, 0.4) is 0 Å². The lowest BCUT2D eigenvalue weighted by atomic mass is 9.99. The van der Waals surface area contributed by atoms with Crippen molar-refractivity contribution in [2.45, 2.75) is 5.75 Å². The van der Waals surface area contributed by atoms with Gasteiger partial charge in [-0.05, 0) is 11.1 Å². The molecule has 0 bridgehead atoms. The molecule has 0 radical (unpaired) electrons. The van der Waals surface area contributed by atoms with E-state index in [1.165, 1.54) is 0 Å². The summed E-state index contributed by atoms with van der Waals surface area (Å²) in [6, 6.07) is 17.9. The van der Waals surface area contributed by atoms with E-state index in [9.17, 15) is 0 Å². The van der Waals surface area contributed by atoms with E-state index in [1.807, 2.05) is 54.6 Å². The maximum Gasteiger partial charge on any atom is 0.239 e. The molecule has 0 aliphatic rings. The second-order valence-electron chi connectivity index (χ2n) is 5.13. The lowest BCUT2D eigenvalue weighted by molar-refractivity contribution is 1.11. The standard InChI is InChI=1S/C17H18N6S/c18-22-16-14(12-8-6-11(10-24)7-9-12)15(20-17(21-16)23-19)13-4-2-1-3-5-13/h1-9,24H,10,18-19H2,(H2,20,21,22,23). The van der Waals surface area contributed by atoms with Crippen molar-refractivity contribution in [1.29, 1.82) is 0 Å². The molecule has 1 aromatic heterocycles. The molecule has 0 unspecified atom stereocenters. The van der Waals surface area contributed by atoms with E-state index < -0.39 is 0 Å². The number of nitrogens with one attached hydrogen (secondary N) is 2. The molecule has 6 nitrogen and oxygen atoms in total. The predicted octanol–water partition coefficient (Wildman–Crippen LogP) is 2.81. The molecule has 122 valence electrons. The third kappa shape index (κ3) is 3.18. The van der Waals surface area contributed by atoms with Crippen LogP contribution in [0.15, 0.2) is 54.6 Å². The lowest BCUT2D eigenvalue weighted by Gasteiger charge is -2.15. The average molecular weight is 338 g/mol. The van der Waals surface area contributed by atoms with E-state index in [0.29, 0.717) is 11.6 Å². The van der Waals surface area contributed by atoms with Crippen molar-refractivity contribution in [2.75, 3.05) is 10.9 Å². The topological polar surface area (TPSA) is 102 Å². The Balaban J connectivity index is 2.25. The number of anilines is 2. The predicted molar refractivity (Wildman–Crippen MR) is 101 cm³/mol. The van der Waals surface area contributed by atoms with Crippen molar-refractivity contribution in [3.05, 3.63) is 60.2 Å². The molecule has 6 N–H and O–H groups in total. The Morgan fingerprint density at radius 3 is 2.12 bits per heavy atom. The molecule has 2 aromatic carbocycles. The van der Waals surface area contributed by atoms with Crippen molar-refractivity contribution >= 4 is 24.4 Å². The van der Waals surface area contributed by atoms with Gasteiger partial charge in [-0.2, -0.15) is 17.6 Å². The summed E-state index contributed by atoms with van der Waals surface area (Å²) < 4.78 is 0. The van der Waals surface area contributed by atoms with Crippen LogP contribution in [0.1, 0.15) is 5.56 Å². The Morgan fingerprint density at radius 2 is 1.54 bits per heavy atom. The molecule has 0 atom stereocenters. The van der Waals surface area contributed by atoms with Gasteiger partial charge >= 0.3 is 0 Å². The highest BCUT2D eigenvalue weighted by atomic mass is 32.1. The molecule has 0 fully saturated rings. The normalized spacial score (nSPS) is 10.5. The molecule has 3 rings (SSSR count).